The molecule has 1 amide bonds. The number of hydrogen-bond acceptors (Lipinski definition) is 3. The largest absolute Gasteiger partial charge is 0.350 e. The van der Waals surface area contributed by atoms with Gasteiger partial charge in [-0.2, -0.15) is 0 Å². The average Bonchev–Trinajstić information content (AvgIpc) is 2.57. The van der Waals surface area contributed by atoms with Crippen LogP contribution in [-0.2, 0) is 14.8 Å². The van der Waals surface area contributed by atoms with Crippen molar-refractivity contribution >= 4 is 15.9 Å². The smallest absolute Gasteiger partial charge is 0.240 e. The van der Waals surface area contributed by atoms with E-state index in [2.05, 4.69) is 10.0 Å². The van der Waals surface area contributed by atoms with Gasteiger partial charge in [0.05, 0.1) is 10.9 Å². The highest BCUT2D eigenvalue weighted by atomic mass is 32.2. The van der Waals surface area contributed by atoms with Gasteiger partial charge < -0.3 is 5.32 Å². The Morgan fingerprint density at radius 3 is 2.42 bits per heavy atom. The van der Waals surface area contributed by atoms with Gasteiger partial charge in [0.25, 0.3) is 0 Å². The summed E-state index contributed by atoms with van der Waals surface area (Å²) in [6.45, 7) is 7.57. The molecule has 1 unspecified atom stereocenters. The van der Waals surface area contributed by atoms with E-state index in [4.69, 9.17) is 0 Å². The average molecular weight is 375 g/mol. The zero-order valence-electron chi connectivity index (χ0n) is 15.7. The van der Waals surface area contributed by atoms with Crippen LogP contribution in [0.3, 0.4) is 0 Å². The van der Waals surface area contributed by atoms with Crippen LogP contribution in [0.2, 0.25) is 0 Å². The molecule has 0 aromatic heterocycles. The van der Waals surface area contributed by atoms with Crippen LogP contribution in [0.15, 0.2) is 47.4 Å². The third kappa shape index (κ3) is 5.16. The van der Waals surface area contributed by atoms with Gasteiger partial charge in [-0.15, -0.1) is 0 Å². The first kappa shape index (κ1) is 20.1. The predicted octanol–water partition coefficient (Wildman–Crippen LogP) is 3.16. The van der Waals surface area contributed by atoms with Crippen molar-refractivity contribution in [3.8, 4) is 0 Å². The first-order valence-electron chi connectivity index (χ1n) is 8.62. The zero-order valence-corrected chi connectivity index (χ0v) is 16.5. The summed E-state index contributed by atoms with van der Waals surface area (Å²) in [6.07, 6.45) is 0.0836. The van der Waals surface area contributed by atoms with E-state index in [0.717, 1.165) is 16.7 Å². The molecule has 0 spiro atoms. The van der Waals surface area contributed by atoms with Crippen molar-refractivity contribution in [2.45, 2.75) is 45.1 Å². The second-order valence-electron chi connectivity index (χ2n) is 6.56. The second-order valence-corrected chi connectivity index (χ2v) is 8.30. The summed E-state index contributed by atoms with van der Waals surface area (Å²) in [7, 11) is -3.63. The van der Waals surface area contributed by atoms with E-state index in [1.54, 1.807) is 19.1 Å². The van der Waals surface area contributed by atoms with E-state index < -0.39 is 10.0 Å². The van der Waals surface area contributed by atoms with Crippen molar-refractivity contribution in [2.24, 2.45) is 0 Å². The summed E-state index contributed by atoms with van der Waals surface area (Å²) in [4.78, 5) is 12.4. The zero-order chi connectivity index (χ0) is 19.3. The van der Waals surface area contributed by atoms with E-state index in [9.17, 15) is 13.2 Å². The molecule has 5 nitrogen and oxygen atoms in total. The lowest BCUT2D eigenvalue weighted by atomic mass is 10.0. The molecular weight excluding hydrogens is 348 g/mol. The molecule has 2 N–H and O–H groups in total. The molecule has 2 aromatic rings. The number of aryl methyl sites for hydroxylation is 3. The van der Waals surface area contributed by atoms with Crippen molar-refractivity contribution < 1.29 is 13.2 Å². The molecule has 0 fully saturated rings. The summed E-state index contributed by atoms with van der Waals surface area (Å²) in [6, 6.07) is 13.0. The molecule has 0 heterocycles. The molecule has 26 heavy (non-hydrogen) atoms. The molecule has 0 aliphatic rings. The quantitative estimate of drug-likeness (QED) is 0.782. The normalized spacial score (nSPS) is 12.6. The molecule has 0 bridgehead atoms. The van der Waals surface area contributed by atoms with Crippen molar-refractivity contribution in [1.29, 1.82) is 0 Å². The van der Waals surface area contributed by atoms with Crippen LogP contribution in [0.4, 0.5) is 0 Å². The van der Waals surface area contributed by atoms with E-state index in [1.807, 2.05) is 51.1 Å². The molecule has 0 aliphatic carbocycles. The molecule has 2 aromatic carbocycles. The van der Waals surface area contributed by atoms with Crippen LogP contribution in [0.25, 0.3) is 0 Å². The van der Waals surface area contributed by atoms with Crippen molar-refractivity contribution in [3.63, 3.8) is 0 Å². The van der Waals surface area contributed by atoms with Gasteiger partial charge in [0.15, 0.2) is 0 Å². The maximum Gasteiger partial charge on any atom is 0.240 e. The maximum atomic E-state index is 12.4. The van der Waals surface area contributed by atoms with Gasteiger partial charge in [-0.3, -0.25) is 4.79 Å². The molecular formula is C20H26N2O3S. The van der Waals surface area contributed by atoms with Gasteiger partial charge in [0.2, 0.25) is 15.9 Å². The number of nitrogens with one attached hydrogen (secondary N) is 2. The third-order valence-electron chi connectivity index (χ3n) is 4.31. The maximum absolute atomic E-state index is 12.4. The van der Waals surface area contributed by atoms with E-state index in [-0.39, 0.29) is 29.8 Å². The molecule has 0 radical (unpaired) electrons. The molecule has 1 atom stereocenters. The summed E-state index contributed by atoms with van der Waals surface area (Å²) < 4.78 is 27.4. The van der Waals surface area contributed by atoms with Crippen LogP contribution >= 0.6 is 0 Å². The van der Waals surface area contributed by atoms with Gasteiger partial charge >= 0.3 is 0 Å². The fraction of sp³-hybridized carbons (Fsp3) is 0.350. The first-order valence-corrected chi connectivity index (χ1v) is 10.1. The SMILES string of the molecule is Cc1ccc(C)c(S(=O)(=O)NCCC(=O)NC(C)c2ccccc2C)c1. The Hall–Kier alpha value is -2.18. The minimum Gasteiger partial charge on any atom is -0.350 e. The number of benzene rings is 2. The molecule has 0 aliphatic heterocycles. The first-order chi connectivity index (χ1) is 12.2. The lowest BCUT2D eigenvalue weighted by Gasteiger charge is -2.17. The molecule has 140 valence electrons. The van der Waals surface area contributed by atoms with Crippen molar-refractivity contribution in [1.82, 2.24) is 10.0 Å². The van der Waals surface area contributed by atoms with Gasteiger partial charge in [0.1, 0.15) is 0 Å². The molecule has 0 saturated heterocycles. The Labute approximate surface area is 155 Å². The lowest BCUT2D eigenvalue weighted by molar-refractivity contribution is -0.121. The minimum absolute atomic E-state index is 0.0576. The number of hydrogen-bond donors (Lipinski definition) is 2. The van der Waals surface area contributed by atoms with E-state index in [1.165, 1.54) is 0 Å². The number of carbonyl (C=O) groups is 1. The van der Waals surface area contributed by atoms with Gasteiger partial charge in [0, 0.05) is 13.0 Å². The van der Waals surface area contributed by atoms with Crippen LogP contribution in [-0.4, -0.2) is 20.9 Å². The minimum atomic E-state index is -3.63. The Balaban J connectivity index is 1.91. The summed E-state index contributed by atoms with van der Waals surface area (Å²) >= 11 is 0. The van der Waals surface area contributed by atoms with E-state index >= 15 is 0 Å². The van der Waals surface area contributed by atoms with Crippen molar-refractivity contribution in [3.05, 3.63) is 64.7 Å². The van der Waals surface area contributed by atoms with Crippen LogP contribution in [0.1, 0.15) is 41.6 Å². The highest BCUT2D eigenvalue weighted by Crippen LogP contribution is 2.17. The van der Waals surface area contributed by atoms with E-state index in [0.29, 0.717) is 5.56 Å². The topological polar surface area (TPSA) is 75.3 Å². The summed E-state index contributed by atoms with van der Waals surface area (Å²) in [5.41, 5.74) is 3.72. The fourth-order valence-corrected chi connectivity index (χ4v) is 4.20. The van der Waals surface area contributed by atoms with Gasteiger partial charge in [-0.25, -0.2) is 13.1 Å². The molecule has 0 saturated carbocycles. The molecule has 6 heteroatoms. The number of amides is 1. The van der Waals surface area contributed by atoms with Crippen molar-refractivity contribution in [2.75, 3.05) is 6.54 Å². The summed E-state index contributed by atoms with van der Waals surface area (Å²) in [5.74, 6) is -0.190. The summed E-state index contributed by atoms with van der Waals surface area (Å²) in [5, 5.41) is 2.91. The van der Waals surface area contributed by atoms with Crippen LogP contribution in [0.5, 0.6) is 0 Å². The Bertz CT molecular complexity index is 892. The number of carbonyl (C=O) groups excluding carboxylic acids is 1. The van der Waals surface area contributed by atoms with Crippen LogP contribution in [0, 0.1) is 20.8 Å². The Morgan fingerprint density at radius 1 is 1.04 bits per heavy atom. The number of sulfonamides is 1. The van der Waals surface area contributed by atoms with Gasteiger partial charge in [-0.1, -0.05) is 36.4 Å². The Kier molecular flexibility index (Phi) is 6.56. The Morgan fingerprint density at radius 2 is 1.73 bits per heavy atom. The highest BCUT2D eigenvalue weighted by molar-refractivity contribution is 7.89. The standard InChI is InChI=1S/C20H26N2O3S/c1-14-9-10-16(3)19(13-14)26(24,25)21-12-11-20(23)22-17(4)18-8-6-5-7-15(18)2/h5-10,13,17,21H,11-12H2,1-4H3,(H,22,23). The predicted molar refractivity (Wildman–Crippen MR) is 103 cm³/mol. The fourth-order valence-electron chi connectivity index (χ4n) is 2.84. The monoisotopic (exact) mass is 374 g/mol. The molecule has 2 rings (SSSR count). The van der Waals surface area contributed by atoms with Gasteiger partial charge in [-0.05, 0) is 56.0 Å². The lowest BCUT2D eigenvalue weighted by Crippen LogP contribution is -2.32. The highest BCUT2D eigenvalue weighted by Gasteiger charge is 2.17. The number of rotatable bonds is 7. The second kappa shape index (κ2) is 8.47. The third-order valence-corrected chi connectivity index (χ3v) is 5.91. The van der Waals surface area contributed by atoms with Crippen LogP contribution < -0.4 is 10.0 Å².